The van der Waals surface area contributed by atoms with Crippen molar-refractivity contribution < 1.29 is 132 Å². The number of azo groups is 4. The normalized spacial score (nSPS) is 13.0. The summed E-state index contributed by atoms with van der Waals surface area (Å²) in [5, 5.41) is 103. The van der Waals surface area contributed by atoms with Crippen molar-refractivity contribution in [2.45, 2.75) is 34.3 Å². The standard InChI is InChI=1S/C46H36N10O30S7/c47-41-31(18-36(90(71,72)73)25-14-35(87-86-85-64)42(45(61)40(25)41)54-48-26-3-1-20(56(62)63)11-37(26)91(74,75)76)53-49-27-4-2-23-24(46(27)93(80,81)82)15-38(92(77,78)79)43(44(23)60)55-51-29-17-33(83-7-5-57)28(16-34(29)84-8-6-58)50-52-30-12-21(88(65,66)67)9-19-10-22(89(68,69)70)13-32(59)39(19)30/h1-4,9-18,57-61,64H,5-8,47H2,(H,65,66,67)(H,68,69,70)(H,71,72,73)(H,74,75,76)(H,77,78,79)(H,80,81,82). The Hall–Kier alpha value is -9.25. The van der Waals surface area contributed by atoms with Crippen molar-refractivity contribution in [1.82, 2.24) is 0 Å². The number of anilines is 1. The number of ether oxygens (including phenoxy) is 2. The molecule has 0 spiro atoms. The van der Waals surface area contributed by atoms with E-state index in [0.717, 1.165) is 42.5 Å². The van der Waals surface area contributed by atoms with Crippen LogP contribution < -0.4 is 15.2 Å². The monoisotopic (exact) mass is 1430 g/mol. The molecule has 0 saturated heterocycles. The minimum absolute atomic E-state index is 0.0500. The minimum Gasteiger partial charge on any atom is -0.507 e. The zero-order chi connectivity index (χ0) is 68.7. The molecule has 0 aliphatic carbocycles. The number of rotatable bonds is 24. The fourth-order valence-electron chi connectivity index (χ4n) is 8.40. The average Bonchev–Trinajstić information content (AvgIpc) is 0.767. The van der Waals surface area contributed by atoms with Gasteiger partial charge in [-0.3, -0.25) is 37.4 Å². The van der Waals surface area contributed by atoms with Crippen LogP contribution in [0.1, 0.15) is 0 Å². The van der Waals surface area contributed by atoms with Crippen LogP contribution in [0.25, 0.3) is 32.3 Å². The maximum absolute atomic E-state index is 13.3. The zero-order valence-corrected chi connectivity index (χ0v) is 50.8. The predicted octanol–water partition coefficient (Wildman–Crippen LogP) is 8.07. The highest BCUT2D eigenvalue weighted by atomic mass is 32.2. The van der Waals surface area contributed by atoms with Crippen LogP contribution in [-0.2, 0) is 70.1 Å². The van der Waals surface area contributed by atoms with Crippen molar-refractivity contribution >= 4 is 162 Å². The minimum atomic E-state index is -5.76. The molecule has 0 aliphatic heterocycles. The highest BCUT2D eigenvalue weighted by molar-refractivity contribution is 7.94. The van der Waals surface area contributed by atoms with Crippen LogP contribution >= 0.6 is 12.0 Å². The Morgan fingerprint density at radius 3 is 1.54 bits per heavy atom. The molecule has 0 bridgehead atoms. The maximum Gasteiger partial charge on any atom is 0.297 e. The van der Waals surface area contributed by atoms with Gasteiger partial charge in [-0.05, 0) is 60.0 Å². The third-order valence-electron chi connectivity index (χ3n) is 12.2. The molecule has 0 saturated carbocycles. The number of aromatic hydroxyl groups is 3. The predicted molar refractivity (Wildman–Crippen MR) is 312 cm³/mol. The van der Waals surface area contributed by atoms with Gasteiger partial charge >= 0.3 is 0 Å². The van der Waals surface area contributed by atoms with Crippen LogP contribution in [0.4, 0.5) is 56.9 Å². The number of fused-ring (bicyclic) bond motifs is 3. The third kappa shape index (κ3) is 15.1. The largest absolute Gasteiger partial charge is 0.507 e. The zero-order valence-electron chi connectivity index (χ0n) is 45.1. The Morgan fingerprint density at radius 1 is 0.484 bits per heavy atom. The lowest BCUT2D eigenvalue weighted by Gasteiger charge is -2.15. The Bertz CT molecular complexity index is 5330. The molecule has 8 rings (SSSR count). The van der Waals surface area contributed by atoms with E-state index in [1.54, 1.807) is 0 Å². The Morgan fingerprint density at radius 2 is 1.00 bits per heavy atom. The second-order valence-corrected chi connectivity index (χ2v) is 27.2. The maximum atomic E-state index is 13.3. The van der Waals surface area contributed by atoms with E-state index in [2.05, 4.69) is 50.3 Å². The second kappa shape index (κ2) is 26.4. The van der Waals surface area contributed by atoms with Crippen molar-refractivity contribution in [2.75, 3.05) is 32.2 Å². The van der Waals surface area contributed by atoms with Crippen molar-refractivity contribution in [1.29, 1.82) is 0 Å². The highest BCUT2D eigenvalue weighted by Gasteiger charge is 2.31. The quantitative estimate of drug-likeness (QED) is 0.00517. The van der Waals surface area contributed by atoms with Crippen molar-refractivity contribution in [3.63, 3.8) is 0 Å². The van der Waals surface area contributed by atoms with E-state index in [-0.39, 0.29) is 12.0 Å². The van der Waals surface area contributed by atoms with Gasteiger partial charge in [0.25, 0.3) is 66.4 Å². The van der Waals surface area contributed by atoms with Gasteiger partial charge in [0, 0.05) is 46.5 Å². The fraction of sp³-hybridized carbons (Fsp3) is 0.0870. The smallest absolute Gasteiger partial charge is 0.297 e. The lowest BCUT2D eigenvalue weighted by Crippen LogP contribution is -2.04. The lowest BCUT2D eigenvalue weighted by atomic mass is 10.0. The molecule has 0 heterocycles. The summed E-state index contributed by atoms with van der Waals surface area (Å²) in [5.41, 5.74) is -1.74. The second-order valence-electron chi connectivity index (χ2n) is 18.1. The van der Waals surface area contributed by atoms with Crippen LogP contribution in [-0.4, -0.2) is 140 Å². The summed E-state index contributed by atoms with van der Waals surface area (Å²) < 4.78 is 228. The fourth-order valence-corrected chi connectivity index (χ4v) is 12.8. The Balaban J connectivity index is 1.27. The number of benzene rings is 8. The van der Waals surface area contributed by atoms with Gasteiger partial charge in [0.15, 0.2) is 11.5 Å². The molecular formula is C46H36N10O30S7. The molecule has 0 aliphatic rings. The Kier molecular flexibility index (Phi) is 19.8. The molecule has 8 aromatic carbocycles. The third-order valence-corrected chi connectivity index (χ3v) is 18.1. The number of nitro groups is 1. The number of nitrogens with two attached hydrogens (primary N) is 1. The van der Waals surface area contributed by atoms with Crippen molar-refractivity contribution in [2.24, 2.45) is 40.9 Å². The van der Waals surface area contributed by atoms with E-state index in [0.29, 0.717) is 42.5 Å². The SMILES string of the molecule is Nc1c(N=Nc2ccc3c(O)c(N=Nc4cc(OCCO)c(N=Nc5cc(S(=O)(=O)O)cc6cc(S(=O)(=O)O)cc(O)c56)cc4OCCO)c(S(=O)(=O)O)cc3c2S(=O)(=O)O)cc(S(=O)(=O)O)c2cc(SOOO)c(N=Nc3ccc([N+](=O)[O-])cc3S(=O)(=O)O)c(O)c12. The number of nitro benzene ring substituents is 1. The number of phenols is 3. The first-order valence-electron chi connectivity index (χ1n) is 24.1. The number of hydrogen-bond donors (Lipinski definition) is 13. The summed E-state index contributed by atoms with van der Waals surface area (Å²) in [6.45, 7) is -2.54. The van der Waals surface area contributed by atoms with Crippen molar-refractivity contribution in [3.05, 3.63) is 95.0 Å². The van der Waals surface area contributed by atoms with Gasteiger partial charge in [0.05, 0.1) is 67.0 Å². The summed E-state index contributed by atoms with van der Waals surface area (Å²) in [7, 11) is -32.5. The van der Waals surface area contributed by atoms with Gasteiger partial charge in [-0.2, -0.15) is 50.5 Å². The van der Waals surface area contributed by atoms with Crippen LogP contribution in [0.15, 0.2) is 160 Å². The summed E-state index contributed by atoms with van der Waals surface area (Å²) in [6, 6.07) is 9.37. The molecule has 0 fully saturated rings. The van der Waals surface area contributed by atoms with Gasteiger partial charge in [0.2, 0.25) is 0 Å². The molecule has 14 N–H and O–H groups in total. The number of nitrogens with zero attached hydrogens (tertiary/aromatic N) is 9. The Labute approximate surface area is 522 Å². The first-order chi connectivity index (χ1) is 43.3. The van der Waals surface area contributed by atoms with E-state index < -0.39 is 244 Å². The summed E-state index contributed by atoms with van der Waals surface area (Å²) in [4.78, 5) is 2.59. The molecule has 8 aromatic rings. The lowest BCUT2D eigenvalue weighted by molar-refractivity contribution is -0.432. The van der Waals surface area contributed by atoms with Gasteiger partial charge < -0.3 is 40.7 Å². The molecule has 0 aromatic heterocycles. The number of hydrogen-bond acceptors (Lipinski definition) is 34. The summed E-state index contributed by atoms with van der Waals surface area (Å²) in [6.07, 6.45) is 0. The summed E-state index contributed by atoms with van der Waals surface area (Å²) in [5.74, 6) is -4.42. The van der Waals surface area contributed by atoms with Crippen LogP contribution in [0, 0.1) is 10.1 Å². The van der Waals surface area contributed by atoms with Crippen molar-refractivity contribution in [3.8, 4) is 28.7 Å². The molecule has 492 valence electrons. The van der Waals surface area contributed by atoms with Crippen LogP contribution in [0.5, 0.6) is 28.7 Å². The molecule has 0 amide bonds. The molecule has 47 heteroatoms. The number of aliphatic hydroxyl groups excluding tert-OH is 2. The topological polar surface area (TPSA) is 653 Å². The molecular weight excluding hydrogens is 1400 g/mol. The van der Waals surface area contributed by atoms with E-state index in [1.807, 2.05) is 0 Å². The van der Waals surface area contributed by atoms with Gasteiger partial charge in [-0.25, -0.2) is 5.26 Å². The van der Waals surface area contributed by atoms with E-state index in [9.17, 15) is 113 Å². The molecule has 0 atom stereocenters. The number of aliphatic hydroxyl groups is 2. The summed E-state index contributed by atoms with van der Waals surface area (Å²) >= 11 is -0.0500. The van der Waals surface area contributed by atoms with E-state index in [1.165, 1.54) is 0 Å². The average molecular weight is 1430 g/mol. The highest BCUT2D eigenvalue weighted by Crippen LogP contribution is 2.52. The number of non-ortho nitro benzene ring substituents is 1. The van der Waals surface area contributed by atoms with E-state index in [4.69, 9.17) is 20.5 Å². The molecule has 0 radical (unpaired) electrons. The molecule has 40 nitrogen and oxygen atoms in total. The first-order valence-corrected chi connectivity index (χ1v) is 33.5. The molecule has 93 heavy (non-hydrogen) atoms. The molecule has 0 unspecified atom stereocenters. The first kappa shape index (κ1) is 69.6. The van der Waals surface area contributed by atoms with Crippen LogP contribution in [0.3, 0.4) is 0 Å². The van der Waals surface area contributed by atoms with Gasteiger partial charge in [0.1, 0.15) is 89.9 Å². The van der Waals surface area contributed by atoms with Crippen LogP contribution in [0.2, 0.25) is 0 Å². The van der Waals surface area contributed by atoms with Gasteiger partial charge in [-0.15, -0.1) is 45.2 Å². The number of phenolic OH excluding ortho intramolecular Hbond substituents is 3. The van der Waals surface area contributed by atoms with E-state index >= 15 is 0 Å². The van der Waals surface area contributed by atoms with Gasteiger partial charge in [-0.1, -0.05) is 5.04 Å². The number of nitrogen functional groups attached to an aromatic ring is 1.